The number of aryl methyl sites for hydroxylation is 1. The van der Waals surface area contributed by atoms with Crippen LogP contribution in [0.15, 0.2) is 65.7 Å². The van der Waals surface area contributed by atoms with Crippen molar-refractivity contribution in [2.45, 2.75) is 13.0 Å². The summed E-state index contributed by atoms with van der Waals surface area (Å²) in [4.78, 5) is 31.4. The first-order valence-electron chi connectivity index (χ1n) is 8.92. The van der Waals surface area contributed by atoms with Crippen molar-refractivity contribution in [3.63, 3.8) is 0 Å². The number of nitrogens with zero attached hydrogens (tertiary/aromatic N) is 2. The number of anilines is 1. The molecule has 6 nitrogen and oxygen atoms in total. The summed E-state index contributed by atoms with van der Waals surface area (Å²) in [5.74, 6) is -1.00. The van der Waals surface area contributed by atoms with Gasteiger partial charge in [0, 0.05) is 17.1 Å². The average molecular weight is 406 g/mol. The largest absolute Gasteiger partial charge is 0.507 e. The predicted octanol–water partition coefficient (Wildman–Crippen LogP) is 4.09. The minimum atomic E-state index is -0.784. The number of aliphatic hydroxyl groups is 1. The summed E-state index contributed by atoms with van der Waals surface area (Å²) in [5, 5.41) is 13.1. The highest BCUT2D eigenvalue weighted by Gasteiger charge is 2.47. The van der Waals surface area contributed by atoms with Crippen LogP contribution in [0.4, 0.5) is 5.13 Å². The molecule has 1 atom stereocenters. The summed E-state index contributed by atoms with van der Waals surface area (Å²) in [7, 11) is 1.56. The van der Waals surface area contributed by atoms with E-state index in [1.54, 1.807) is 55.1 Å². The van der Waals surface area contributed by atoms with Gasteiger partial charge < -0.3 is 9.84 Å². The number of carbonyl (C=O) groups is 2. The van der Waals surface area contributed by atoms with Gasteiger partial charge in [-0.3, -0.25) is 14.5 Å². The van der Waals surface area contributed by atoms with E-state index in [1.165, 1.54) is 16.2 Å². The Hall–Kier alpha value is -3.45. The molecule has 2 heterocycles. The summed E-state index contributed by atoms with van der Waals surface area (Å²) in [5.41, 5.74) is 2.22. The molecule has 0 aliphatic carbocycles. The van der Waals surface area contributed by atoms with E-state index in [0.717, 1.165) is 5.56 Å². The van der Waals surface area contributed by atoms with Gasteiger partial charge in [0.1, 0.15) is 11.5 Å². The molecular weight excluding hydrogens is 388 g/mol. The molecule has 0 spiro atoms. The Bertz CT molecular complexity index is 1090. The molecule has 0 bridgehead atoms. The van der Waals surface area contributed by atoms with Crippen molar-refractivity contribution in [2.24, 2.45) is 0 Å². The first-order valence-corrected chi connectivity index (χ1v) is 9.80. The maximum Gasteiger partial charge on any atom is 0.301 e. The second-order valence-electron chi connectivity index (χ2n) is 6.62. The van der Waals surface area contributed by atoms with Gasteiger partial charge in [0.2, 0.25) is 0 Å². The first-order chi connectivity index (χ1) is 14.0. The molecule has 2 aromatic carbocycles. The zero-order valence-corrected chi connectivity index (χ0v) is 16.6. The standard InChI is InChI=1S/C22H18N2O4S/c1-13-3-5-15(6-4-13)19(25)17-18(14-7-9-16(28-2)10-8-14)24(21(27)20(17)26)22-23-11-12-29-22/h3-12,18,25H,1-2H3. The van der Waals surface area contributed by atoms with Gasteiger partial charge in [0.25, 0.3) is 5.78 Å². The SMILES string of the molecule is COc1ccc(C2C(=C(O)c3ccc(C)cc3)C(=O)C(=O)N2c2nccs2)cc1. The number of carbonyl (C=O) groups excluding carboxylic acids is 2. The van der Waals surface area contributed by atoms with Crippen molar-refractivity contribution >= 4 is 33.9 Å². The summed E-state index contributed by atoms with van der Waals surface area (Å²) in [6, 6.07) is 13.4. The summed E-state index contributed by atoms with van der Waals surface area (Å²) >= 11 is 1.26. The third-order valence-electron chi connectivity index (χ3n) is 4.83. The Balaban J connectivity index is 1.91. The second-order valence-corrected chi connectivity index (χ2v) is 7.50. The number of thiazole rings is 1. The Kier molecular flexibility index (Phi) is 4.90. The smallest absolute Gasteiger partial charge is 0.301 e. The third kappa shape index (κ3) is 3.30. The quantitative estimate of drug-likeness (QED) is 0.401. The fourth-order valence-electron chi connectivity index (χ4n) is 3.33. The van der Waals surface area contributed by atoms with Crippen molar-refractivity contribution in [3.05, 3.63) is 82.4 Å². The van der Waals surface area contributed by atoms with E-state index in [4.69, 9.17) is 4.74 Å². The monoisotopic (exact) mass is 406 g/mol. The van der Waals surface area contributed by atoms with Crippen LogP contribution >= 0.6 is 11.3 Å². The number of ketones is 1. The first kappa shape index (κ1) is 18.9. The van der Waals surface area contributed by atoms with Gasteiger partial charge in [-0.15, -0.1) is 11.3 Å². The van der Waals surface area contributed by atoms with Crippen LogP contribution < -0.4 is 9.64 Å². The van der Waals surface area contributed by atoms with Crippen molar-refractivity contribution in [2.75, 3.05) is 12.0 Å². The van der Waals surface area contributed by atoms with Crippen LogP contribution in [0.3, 0.4) is 0 Å². The molecule has 4 rings (SSSR count). The normalized spacial score (nSPS) is 18.3. The molecule has 1 unspecified atom stereocenters. The third-order valence-corrected chi connectivity index (χ3v) is 5.60. The zero-order valence-electron chi connectivity index (χ0n) is 15.8. The van der Waals surface area contributed by atoms with Crippen LogP contribution in [-0.2, 0) is 9.59 Å². The molecular formula is C22H18N2O4S. The van der Waals surface area contributed by atoms with Crippen molar-refractivity contribution < 1.29 is 19.4 Å². The van der Waals surface area contributed by atoms with E-state index in [0.29, 0.717) is 22.0 Å². The van der Waals surface area contributed by atoms with E-state index in [-0.39, 0.29) is 11.3 Å². The summed E-state index contributed by atoms with van der Waals surface area (Å²) in [6.45, 7) is 1.93. The highest BCUT2D eigenvalue weighted by atomic mass is 32.1. The molecule has 1 saturated heterocycles. The average Bonchev–Trinajstić information content (AvgIpc) is 3.35. The number of rotatable bonds is 4. The number of hydrogen-bond acceptors (Lipinski definition) is 6. The van der Waals surface area contributed by atoms with Crippen molar-refractivity contribution in [1.29, 1.82) is 0 Å². The van der Waals surface area contributed by atoms with E-state index in [1.807, 2.05) is 19.1 Å². The molecule has 29 heavy (non-hydrogen) atoms. The lowest BCUT2D eigenvalue weighted by atomic mass is 9.95. The zero-order chi connectivity index (χ0) is 20.5. The van der Waals surface area contributed by atoms with E-state index < -0.39 is 17.7 Å². The highest BCUT2D eigenvalue weighted by Crippen LogP contribution is 2.42. The van der Waals surface area contributed by atoms with Crippen LogP contribution in [0.1, 0.15) is 22.7 Å². The second kappa shape index (κ2) is 7.52. The Morgan fingerprint density at radius 1 is 1.10 bits per heavy atom. The Labute approximate surface area is 171 Å². The number of benzene rings is 2. The van der Waals surface area contributed by atoms with Crippen LogP contribution in [-0.4, -0.2) is 28.9 Å². The molecule has 1 aliphatic rings. The van der Waals surface area contributed by atoms with Gasteiger partial charge >= 0.3 is 5.91 Å². The van der Waals surface area contributed by atoms with E-state index in [2.05, 4.69) is 4.98 Å². The topological polar surface area (TPSA) is 79.7 Å². The van der Waals surface area contributed by atoms with E-state index >= 15 is 0 Å². The summed E-state index contributed by atoms with van der Waals surface area (Å²) < 4.78 is 5.21. The number of amides is 1. The lowest BCUT2D eigenvalue weighted by Crippen LogP contribution is -2.29. The van der Waals surface area contributed by atoms with Gasteiger partial charge in [0.05, 0.1) is 18.7 Å². The van der Waals surface area contributed by atoms with Gasteiger partial charge in [-0.25, -0.2) is 4.98 Å². The number of aromatic nitrogens is 1. The van der Waals surface area contributed by atoms with Gasteiger partial charge in [-0.2, -0.15) is 0 Å². The molecule has 1 N–H and O–H groups in total. The molecule has 7 heteroatoms. The summed E-state index contributed by atoms with van der Waals surface area (Å²) in [6.07, 6.45) is 1.57. The Morgan fingerprint density at radius 2 is 1.79 bits per heavy atom. The molecule has 1 aliphatic heterocycles. The van der Waals surface area contributed by atoms with Gasteiger partial charge in [-0.05, 0) is 24.6 Å². The number of Topliss-reactive ketones (excluding diaryl/α,β-unsaturated/α-hetero) is 1. The number of methoxy groups -OCH3 is 1. The Morgan fingerprint density at radius 3 is 2.38 bits per heavy atom. The lowest BCUT2D eigenvalue weighted by Gasteiger charge is -2.23. The molecule has 146 valence electrons. The molecule has 3 aromatic rings. The van der Waals surface area contributed by atoms with Gasteiger partial charge in [0.15, 0.2) is 5.13 Å². The minimum absolute atomic E-state index is 0.0409. The van der Waals surface area contributed by atoms with Gasteiger partial charge in [-0.1, -0.05) is 42.0 Å². The van der Waals surface area contributed by atoms with Crippen molar-refractivity contribution in [3.8, 4) is 5.75 Å². The molecule has 0 radical (unpaired) electrons. The van der Waals surface area contributed by atoms with Crippen LogP contribution in [0.25, 0.3) is 5.76 Å². The lowest BCUT2D eigenvalue weighted by molar-refractivity contribution is -0.132. The molecule has 0 saturated carbocycles. The molecule has 1 fully saturated rings. The predicted molar refractivity (Wildman–Crippen MR) is 111 cm³/mol. The van der Waals surface area contributed by atoms with Crippen LogP contribution in [0.2, 0.25) is 0 Å². The highest BCUT2D eigenvalue weighted by molar-refractivity contribution is 7.14. The number of hydrogen-bond donors (Lipinski definition) is 1. The fourth-order valence-corrected chi connectivity index (χ4v) is 4.00. The van der Waals surface area contributed by atoms with Crippen molar-refractivity contribution in [1.82, 2.24) is 4.98 Å². The number of aliphatic hydroxyl groups excluding tert-OH is 1. The molecule has 1 aromatic heterocycles. The van der Waals surface area contributed by atoms with Crippen LogP contribution in [0.5, 0.6) is 5.75 Å². The van der Waals surface area contributed by atoms with Crippen LogP contribution in [0, 0.1) is 6.92 Å². The fraction of sp³-hybridized carbons (Fsp3) is 0.136. The number of ether oxygens (including phenoxy) is 1. The minimum Gasteiger partial charge on any atom is -0.507 e. The maximum absolute atomic E-state index is 12.9. The van der Waals surface area contributed by atoms with E-state index in [9.17, 15) is 14.7 Å². The maximum atomic E-state index is 12.9. The molecule has 1 amide bonds.